The quantitative estimate of drug-likeness (QED) is 0.761. The number of hydrogen-bond donors (Lipinski definition) is 1. The summed E-state index contributed by atoms with van der Waals surface area (Å²) in [5, 5.41) is 8.77. The Morgan fingerprint density at radius 1 is 1.33 bits per heavy atom. The van der Waals surface area contributed by atoms with Crippen molar-refractivity contribution in [2.45, 2.75) is 59.1 Å². The van der Waals surface area contributed by atoms with Gasteiger partial charge < -0.3 is 10.5 Å². The largest absolute Gasteiger partial charge is 0.378 e. The second-order valence-electron chi connectivity index (χ2n) is 5.73. The fraction of sp³-hybridized carbons (Fsp3) is 0.917. The highest BCUT2D eigenvalue weighted by Gasteiger charge is 2.21. The standard InChI is InChI=1S/C12H24N2O/c1-10(8-12(5,14)9-13)15-7-6-11(2,3)4/h10H,6-8,14H2,1-5H3. The van der Waals surface area contributed by atoms with Crippen LogP contribution in [0.3, 0.4) is 0 Å². The van der Waals surface area contributed by atoms with E-state index >= 15 is 0 Å². The van der Waals surface area contributed by atoms with E-state index in [1.165, 1.54) is 0 Å². The molecule has 3 nitrogen and oxygen atoms in total. The van der Waals surface area contributed by atoms with E-state index in [2.05, 4.69) is 26.8 Å². The molecule has 0 amide bonds. The molecule has 3 heteroatoms. The fourth-order valence-corrected chi connectivity index (χ4v) is 1.27. The fourth-order valence-electron chi connectivity index (χ4n) is 1.27. The SMILES string of the molecule is CC(CC(C)(N)C#N)OCCC(C)(C)C. The first kappa shape index (κ1) is 14.4. The first-order valence-corrected chi connectivity index (χ1v) is 5.48. The van der Waals surface area contributed by atoms with Gasteiger partial charge in [-0.25, -0.2) is 0 Å². The molecular weight excluding hydrogens is 188 g/mol. The van der Waals surface area contributed by atoms with Gasteiger partial charge in [0.15, 0.2) is 0 Å². The van der Waals surface area contributed by atoms with E-state index < -0.39 is 5.54 Å². The van der Waals surface area contributed by atoms with Gasteiger partial charge in [0.2, 0.25) is 0 Å². The van der Waals surface area contributed by atoms with Gasteiger partial charge in [-0.1, -0.05) is 20.8 Å². The van der Waals surface area contributed by atoms with Crippen molar-refractivity contribution in [1.82, 2.24) is 0 Å². The average molecular weight is 212 g/mol. The number of hydrogen-bond acceptors (Lipinski definition) is 3. The molecule has 0 fully saturated rings. The average Bonchev–Trinajstić information content (AvgIpc) is 2.00. The number of ether oxygens (including phenoxy) is 1. The Labute approximate surface area is 93.6 Å². The van der Waals surface area contributed by atoms with E-state index in [1.54, 1.807) is 6.92 Å². The predicted octanol–water partition coefficient (Wildman–Crippen LogP) is 2.46. The van der Waals surface area contributed by atoms with Crippen LogP contribution in [-0.2, 0) is 4.74 Å². The van der Waals surface area contributed by atoms with Gasteiger partial charge in [-0.2, -0.15) is 5.26 Å². The normalized spacial score (nSPS) is 17.9. The topological polar surface area (TPSA) is 59.0 Å². The summed E-state index contributed by atoms with van der Waals surface area (Å²) >= 11 is 0. The lowest BCUT2D eigenvalue weighted by molar-refractivity contribution is 0.0367. The number of nitrogens with zero attached hydrogens (tertiary/aromatic N) is 1. The molecule has 0 aliphatic rings. The molecule has 0 saturated heterocycles. The molecule has 2 atom stereocenters. The molecule has 0 aliphatic carbocycles. The number of nitrogens with two attached hydrogens (primary N) is 1. The van der Waals surface area contributed by atoms with Gasteiger partial charge in [-0.3, -0.25) is 0 Å². The molecule has 0 heterocycles. The van der Waals surface area contributed by atoms with E-state index in [0.717, 1.165) is 13.0 Å². The summed E-state index contributed by atoms with van der Waals surface area (Å²) in [6.07, 6.45) is 1.64. The first-order valence-electron chi connectivity index (χ1n) is 5.48. The molecule has 0 aromatic carbocycles. The molecule has 15 heavy (non-hydrogen) atoms. The van der Waals surface area contributed by atoms with Crippen molar-refractivity contribution in [2.24, 2.45) is 11.1 Å². The monoisotopic (exact) mass is 212 g/mol. The Balaban J connectivity index is 3.78. The van der Waals surface area contributed by atoms with E-state index in [0.29, 0.717) is 11.8 Å². The zero-order valence-corrected chi connectivity index (χ0v) is 10.6. The van der Waals surface area contributed by atoms with Crippen molar-refractivity contribution >= 4 is 0 Å². The lowest BCUT2D eigenvalue weighted by Crippen LogP contribution is -2.38. The highest BCUT2D eigenvalue weighted by molar-refractivity contribution is 5.01. The van der Waals surface area contributed by atoms with E-state index in [-0.39, 0.29) is 6.10 Å². The van der Waals surface area contributed by atoms with Gasteiger partial charge >= 0.3 is 0 Å². The van der Waals surface area contributed by atoms with Crippen LogP contribution in [0.5, 0.6) is 0 Å². The minimum atomic E-state index is -0.777. The van der Waals surface area contributed by atoms with Crippen LogP contribution in [0, 0.1) is 16.7 Å². The third kappa shape index (κ3) is 8.41. The van der Waals surface area contributed by atoms with Crippen LogP contribution < -0.4 is 5.73 Å². The van der Waals surface area contributed by atoms with E-state index in [9.17, 15) is 0 Å². The van der Waals surface area contributed by atoms with Crippen molar-refractivity contribution < 1.29 is 4.74 Å². The van der Waals surface area contributed by atoms with Crippen LogP contribution in [0.2, 0.25) is 0 Å². The Morgan fingerprint density at radius 2 is 1.87 bits per heavy atom. The van der Waals surface area contributed by atoms with Crippen molar-refractivity contribution in [3.05, 3.63) is 0 Å². The third-order valence-electron chi connectivity index (χ3n) is 2.22. The maximum Gasteiger partial charge on any atom is 0.103 e. The molecule has 0 rings (SSSR count). The van der Waals surface area contributed by atoms with Crippen LogP contribution in [0.4, 0.5) is 0 Å². The Bertz CT molecular complexity index is 223. The van der Waals surface area contributed by atoms with E-state index in [1.807, 2.05) is 6.92 Å². The molecule has 0 saturated carbocycles. The van der Waals surface area contributed by atoms with Gasteiger partial charge in [0, 0.05) is 13.0 Å². The molecule has 0 aromatic rings. The van der Waals surface area contributed by atoms with Gasteiger partial charge in [0.25, 0.3) is 0 Å². The molecule has 0 aromatic heterocycles. The smallest absolute Gasteiger partial charge is 0.103 e. The highest BCUT2D eigenvalue weighted by atomic mass is 16.5. The predicted molar refractivity (Wildman–Crippen MR) is 62.3 cm³/mol. The summed E-state index contributed by atoms with van der Waals surface area (Å²) < 4.78 is 5.62. The molecule has 88 valence electrons. The Morgan fingerprint density at radius 3 is 2.27 bits per heavy atom. The van der Waals surface area contributed by atoms with Gasteiger partial charge in [-0.15, -0.1) is 0 Å². The summed E-state index contributed by atoms with van der Waals surface area (Å²) in [5.74, 6) is 0. The van der Waals surface area contributed by atoms with Gasteiger partial charge in [0.05, 0.1) is 12.2 Å². The molecule has 0 radical (unpaired) electrons. The molecular formula is C12H24N2O. The summed E-state index contributed by atoms with van der Waals surface area (Å²) in [7, 11) is 0. The van der Waals surface area contributed by atoms with Crippen LogP contribution in [0.25, 0.3) is 0 Å². The van der Waals surface area contributed by atoms with Crippen molar-refractivity contribution in [2.75, 3.05) is 6.61 Å². The number of rotatable bonds is 5. The second kappa shape index (κ2) is 5.48. The lowest BCUT2D eigenvalue weighted by Gasteiger charge is -2.23. The summed E-state index contributed by atoms with van der Waals surface area (Å²) in [5.41, 5.74) is 5.25. The second-order valence-corrected chi connectivity index (χ2v) is 5.73. The first-order chi connectivity index (χ1) is 6.66. The maximum atomic E-state index is 8.77. The third-order valence-corrected chi connectivity index (χ3v) is 2.22. The summed E-state index contributed by atoms with van der Waals surface area (Å²) in [4.78, 5) is 0. The minimum Gasteiger partial charge on any atom is -0.378 e. The lowest BCUT2D eigenvalue weighted by atomic mass is 9.93. The minimum absolute atomic E-state index is 0.0435. The van der Waals surface area contributed by atoms with Gasteiger partial charge in [-0.05, 0) is 25.7 Å². The van der Waals surface area contributed by atoms with Crippen molar-refractivity contribution in [3.8, 4) is 6.07 Å². The van der Waals surface area contributed by atoms with Crippen LogP contribution in [0.1, 0.15) is 47.5 Å². The molecule has 0 aliphatic heterocycles. The molecule has 0 bridgehead atoms. The zero-order valence-electron chi connectivity index (χ0n) is 10.6. The van der Waals surface area contributed by atoms with Crippen molar-refractivity contribution in [3.63, 3.8) is 0 Å². The van der Waals surface area contributed by atoms with E-state index in [4.69, 9.17) is 15.7 Å². The van der Waals surface area contributed by atoms with Crippen LogP contribution >= 0.6 is 0 Å². The maximum absolute atomic E-state index is 8.77. The van der Waals surface area contributed by atoms with Crippen LogP contribution in [0.15, 0.2) is 0 Å². The Hall–Kier alpha value is -0.590. The Kier molecular flexibility index (Phi) is 5.27. The summed E-state index contributed by atoms with van der Waals surface area (Å²) in [6, 6.07) is 2.08. The summed E-state index contributed by atoms with van der Waals surface area (Å²) in [6.45, 7) is 11.0. The van der Waals surface area contributed by atoms with Crippen LogP contribution in [-0.4, -0.2) is 18.2 Å². The van der Waals surface area contributed by atoms with Crippen molar-refractivity contribution in [1.29, 1.82) is 5.26 Å². The molecule has 2 N–H and O–H groups in total. The number of nitriles is 1. The highest BCUT2D eigenvalue weighted by Crippen LogP contribution is 2.19. The zero-order chi connectivity index (χ0) is 12.1. The van der Waals surface area contributed by atoms with Gasteiger partial charge in [0.1, 0.15) is 5.54 Å². The molecule has 0 spiro atoms. The molecule has 2 unspecified atom stereocenters.